The van der Waals surface area contributed by atoms with Crippen LogP contribution in [-0.2, 0) is 9.53 Å². The number of carbonyl (C=O) groups is 1. The van der Waals surface area contributed by atoms with E-state index in [0.29, 0.717) is 6.42 Å². The molecule has 0 amide bonds. The van der Waals surface area contributed by atoms with Gasteiger partial charge in [-0.1, -0.05) is 70.4 Å². The number of aliphatic hydroxyl groups is 2. The lowest BCUT2D eigenvalue weighted by atomic mass is 10.1. The van der Waals surface area contributed by atoms with Crippen molar-refractivity contribution in [3.8, 4) is 0 Å². The van der Waals surface area contributed by atoms with E-state index in [1.807, 2.05) is 0 Å². The highest BCUT2D eigenvalue weighted by atomic mass is 16.6. The summed E-state index contributed by atoms with van der Waals surface area (Å²) in [5.41, 5.74) is 0. The summed E-state index contributed by atoms with van der Waals surface area (Å²) < 4.78 is 4.92. The first-order chi connectivity index (χ1) is 12.2. The van der Waals surface area contributed by atoms with Crippen molar-refractivity contribution >= 4 is 5.97 Å². The third-order valence-corrected chi connectivity index (χ3v) is 4.35. The summed E-state index contributed by atoms with van der Waals surface area (Å²) in [7, 11) is 0. The van der Waals surface area contributed by atoms with E-state index in [-0.39, 0.29) is 19.2 Å². The molecule has 4 heteroatoms. The van der Waals surface area contributed by atoms with E-state index in [9.17, 15) is 4.79 Å². The van der Waals surface area contributed by atoms with E-state index < -0.39 is 6.10 Å². The van der Waals surface area contributed by atoms with Gasteiger partial charge in [-0.05, 0) is 32.1 Å². The standard InChI is InChI=1S/C21H40O4/c1-2-3-4-5-6-7-8-9-10-11-12-13-14-15-16-17-21(24)25-20(18-22)19-23/h8-9,20,22-23H,2-7,10-19H2,1H3/b9-8-. The molecule has 0 spiro atoms. The first kappa shape index (κ1) is 24.1. The van der Waals surface area contributed by atoms with Gasteiger partial charge in [-0.3, -0.25) is 4.79 Å². The molecule has 0 saturated heterocycles. The second-order valence-electron chi connectivity index (χ2n) is 6.81. The molecule has 0 aromatic heterocycles. The molecule has 0 aromatic rings. The van der Waals surface area contributed by atoms with Crippen LogP contribution in [0.5, 0.6) is 0 Å². The minimum Gasteiger partial charge on any atom is -0.457 e. The summed E-state index contributed by atoms with van der Waals surface area (Å²) in [5.74, 6) is -0.326. The van der Waals surface area contributed by atoms with E-state index in [0.717, 1.165) is 19.3 Å². The molecule has 0 aliphatic heterocycles. The predicted molar refractivity (Wildman–Crippen MR) is 104 cm³/mol. The Bertz CT molecular complexity index is 311. The zero-order valence-electron chi connectivity index (χ0n) is 16.3. The Hall–Kier alpha value is -0.870. The third-order valence-electron chi connectivity index (χ3n) is 4.35. The molecule has 0 fully saturated rings. The molecule has 0 bridgehead atoms. The Morgan fingerprint density at radius 1 is 0.800 bits per heavy atom. The molecule has 0 rings (SSSR count). The highest BCUT2D eigenvalue weighted by Gasteiger charge is 2.11. The van der Waals surface area contributed by atoms with Crippen LogP contribution in [0.25, 0.3) is 0 Å². The molecule has 0 saturated carbocycles. The second-order valence-corrected chi connectivity index (χ2v) is 6.81. The van der Waals surface area contributed by atoms with E-state index in [2.05, 4.69) is 19.1 Å². The fourth-order valence-corrected chi connectivity index (χ4v) is 2.72. The van der Waals surface area contributed by atoms with Crippen LogP contribution >= 0.6 is 0 Å². The first-order valence-electron chi connectivity index (χ1n) is 10.3. The van der Waals surface area contributed by atoms with Crippen LogP contribution in [-0.4, -0.2) is 35.5 Å². The van der Waals surface area contributed by atoms with Gasteiger partial charge in [0.2, 0.25) is 0 Å². The smallest absolute Gasteiger partial charge is 0.306 e. The van der Waals surface area contributed by atoms with Crippen LogP contribution in [0.2, 0.25) is 0 Å². The number of aliphatic hydroxyl groups excluding tert-OH is 2. The predicted octanol–water partition coefficient (Wildman–Crippen LogP) is 4.92. The van der Waals surface area contributed by atoms with Crippen molar-refractivity contribution in [1.82, 2.24) is 0 Å². The van der Waals surface area contributed by atoms with Crippen molar-refractivity contribution in [3.05, 3.63) is 12.2 Å². The van der Waals surface area contributed by atoms with Gasteiger partial charge < -0.3 is 14.9 Å². The topological polar surface area (TPSA) is 66.8 Å². The van der Waals surface area contributed by atoms with Crippen LogP contribution in [0, 0.1) is 0 Å². The zero-order chi connectivity index (χ0) is 18.6. The number of hydrogen-bond acceptors (Lipinski definition) is 4. The number of esters is 1. The number of allylic oxidation sites excluding steroid dienone is 2. The zero-order valence-corrected chi connectivity index (χ0v) is 16.3. The fourth-order valence-electron chi connectivity index (χ4n) is 2.72. The number of unbranched alkanes of at least 4 members (excludes halogenated alkanes) is 11. The quantitative estimate of drug-likeness (QED) is 0.208. The van der Waals surface area contributed by atoms with Gasteiger partial charge >= 0.3 is 5.97 Å². The third kappa shape index (κ3) is 17.7. The Morgan fingerprint density at radius 2 is 1.28 bits per heavy atom. The van der Waals surface area contributed by atoms with Crippen molar-refractivity contribution in [2.24, 2.45) is 0 Å². The number of carbonyl (C=O) groups excluding carboxylic acids is 1. The summed E-state index contributed by atoms with van der Waals surface area (Å²) in [6, 6.07) is 0. The molecular formula is C21H40O4. The normalized spacial score (nSPS) is 11.5. The number of ether oxygens (including phenoxy) is 1. The molecule has 0 unspecified atom stereocenters. The van der Waals surface area contributed by atoms with E-state index in [1.165, 1.54) is 64.2 Å². The lowest BCUT2D eigenvalue weighted by molar-refractivity contribution is -0.153. The molecule has 25 heavy (non-hydrogen) atoms. The van der Waals surface area contributed by atoms with Gasteiger partial charge in [0.05, 0.1) is 13.2 Å². The summed E-state index contributed by atoms with van der Waals surface area (Å²) >= 11 is 0. The largest absolute Gasteiger partial charge is 0.457 e. The van der Waals surface area contributed by atoms with E-state index in [1.54, 1.807) is 0 Å². The van der Waals surface area contributed by atoms with Crippen molar-refractivity contribution < 1.29 is 19.7 Å². The van der Waals surface area contributed by atoms with Crippen LogP contribution in [0.1, 0.15) is 96.8 Å². The molecule has 0 aromatic carbocycles. The Morgan fingerprint density at radius 3 is 1.80 bits per heavy atom. The molecule has 0 heterocycles. The van der Waals surface area contributed by atoms with Crippen molar-refractivity contribution in [3.63, 3.8) is 0 Å². The lowest BCUT2D eigenvalue weighted by Crippen LogP contribution is -2.25. The van der Waals surface area contributed by atoms with Gasteiger partial charge in [0.25, 0.3) is 0 Å². The highest BCUT2D eigenvalue weighted by molar-refractivity contribution is 5.69. The van der Waals surface area contributed by atoms with Crippen LogP contribution < -0.4 is 0 Å². The lowest BCUT2D eigenvalue weighted by Gasteiger charge is -2.12. The van der Waals surface area contributed by atoms with Crippen LogP contribution in [0.3, 0.4) is 0 Å². The Labute approximate surface area is 154 Å². The second kappa shape index (κ2) is 19.5. The molecule has 0 aliphatic rings. The number of rotatable bonds is 18. The molecule has 4 nitrogen and oxygen atoms in total. The average Bonchev–Trinajstić information content (AvgIpc) is 2.62. The average molecular weight is 357 g/mol. The minimum atomic E-state index is -0.767. The summed E-state index contributed by atoms with van der Waals surface area (Å²) in [6.45, 7) is 1.60. The fraction of sp³-hybridized carbons (Fsp3) is 0.857. The van der Waals surface area contributed by atoms with Gasteiger partial charge in [-0.2, -0.15) is 0 Å². The molecule has 0 radical (unpaired) electrons. The summed E-state index contributed by atoms with van der Waals surface area (Å²) in [4.78, 5) is 11.5. The van der Waals surface area contributed by atoms with Crippen molar-refractivity contribution in [1.29, 1.82) is 0 Å². The summed E-state index contributed by atoms with van der Waals surface area (Å²) in [6.07, 6.45) is 20.2. The van der Waals surface area contributed by atoms with Gasteiger partial charge in [0.1, 0.15) is 6.10 Å². The van der Waals surface area contributed by atoms with E-state index >= 15 is 0 Å². The Balaban J connectivity index is 3.27. The molecule has 148 valence electrons. The summed E-state index contributed by atoms with van der Waals surface area (Å²) in [5, 5.41) is 17.7. The number of hydrogen-bond donors (Lipinski definition) is 2. The molecule has 2 N–H and O–H groups in total. The highest BCUT2D eigenvalue weighted by Crippen LogP contribution is 2.10. The minimum absolute atomic E-state index is 0.324. The van der Waals surface area contributed by atoms with Gasteiger partial charge in [0, 0.05) is 6.42 Å². The molecule has 0 aliphatic carbocycles. The molecular weight excluding hydrogens is 316 g/mol. The van der Waals surface area contributed by atoms with Gasteiger partial charge in [-0.15, -0.1) is 0 Å². The Kier molecular flexibility index (Phi) is 18.8. The van der Waals surface area contributed by atoms with E-state index in [4.69, 9.17) is 14.9 Å². The maximum atomic E-state index is 11.5. The first-order valence-corrected chi connectivity index (χ1v) is 10.3. The maximum absolute atomic E-state index is 11.5. The van der Waals surface area contributed by atoms with Gasteiger partial charge in [-0.25, -0.2) is 0 Å². The van der Waals surface area contributed by atoms with Crippen molar-refractivity contribution in [2.75, 3.05) is 13.2 Å². The van der Waals surface area contributed by atoms with Crippen LogP contribution in [0.4, 0.5) is 0 Å². The van der Waals surface area contributed by atoms with Crippen molar-refractivity contribution in [2.45, 2.75) is 103 Å². The monoisotopic (exact) mass is 356 g/mol. The van der Waals surface area contributed by atoms with Gasteiger partial charge in [0.15, 0.2) is 0 Å². The maximum Gasteiger partial charge on any atom is 0.306 e. The molecule has 0 atom stereocenters. The van der Waals surface area contributed by atoms with Crippen LogP contribution in [0.15, 0.2) is 12.2 Å². The SMILES string of the molecule is CCCCCCC/C=C\CCCCCCCCC(=O)OC(CO)CO.